The third kappa shape index (κ3) is 5.70. The Morgan fingerprint density at radius 2 is 2.31 bits per heavy atom. The van der Waals surface area contributed by atoms with Crippen molar-refractivity contribution in [1.82, 2.24) is 10.6 Å². The van der Waals surface area contributed by atoms with Crippen LogP contribution in [0.5, 0.6) is 0 Å². The van der Waals surface area contributed by atoms with E-state index in [0.717, 1.165) is 18.8 Å². The number of carbonyl (C=O) groups excluding carboxylic acids is 1. The Bertz CT molecular complexity index is 241. The monoisotopic (exact) mass is 227 g/mol. The Morgan fingerprint density at radius 1 is 1.44 bits per heavy atom. The van der Waals surface area contributed by atoms with Crippen molar-refractivity contribution >= 4 is 11.7 Å². The van der Waals surface area contributed by atoms with Crippen LogP contribution < -0.4 is 10.6 Å². The Labute approximate surface area is 96.7 Å². The van der Waals surface area contributed by atoms with Crippen LogP contribution in [0.4, 0.5) is 0 Å². The second kappa shape index (κ2) is 8.10. The normalized spacial score (nSPS) is 15.4. The van der Waals surface area contributed by atoms with Gasteiger partial charge in [0.15, 0.2) is 0 Å². The highest BCUT2D eigenvalue weighted by Crippen LogP contribution is 2.03. The van der Waals surface area contributed by atoms with E-state index < -0.39 is 0 Å². The van der Waals surface area contributed by atoms with Gasteiger partial charge in [0.25, 0.3) is 0 Å². The van der Waals surface area contributed by atoms with E-state index in [0.29, 0.717) is 26.1 Å². The maximum Gasteiger partial charge on any atom is 0.221 e. The molecule has 0 bridgehead atoms. The molecule has 1 aliphatic heterocycles. The van der Waals surface area contributed by atoms with E-state index in [-0.39, 0.29) is 5.91 Å². The van der Waals surface area contributed by atoms with Gasteiger partial charge in [0.1, 0.15) is 0 Å². The minimum atomic E-state index is 0.0564. The predicted octanol–water partition coefficient (Wildman–Crippen LogP) is 0.311. The quantitative estimate of drug-likeness (QED) is 0.642. The highest BCUT2D eigenvalue weighted by molar-refractivity contribution is 5.83. The molecule has 0 saturated carbocycles. The Balaban J connectivity index is 2.01. The van der Waals surface area contributed by atoms with Crippen molar-refractivity contribution in [3.05, 3.63) is 0 Å². The third-order valence-electron chi connectivity index (χ3n) is 2.43. The van der Waals surface area contributed by atoms with E-state index in [1.165, 1.54) is 12.8 Å². The fourth-order valence-corrected chi connectivity index (χ4v) is 1.54. The van der Waals surface area contributed by atoms with Gasteiger partial charge in [0.05, 0.1) is 12.4 Å². The maximum atomic E-state index is 11.3. The van der Waals surface area contributed by atoms with Crippen molar-refractivity contribution in [2.24, 2.45) is 4.99 Å². The van der Waals surface area contributed by atoms with Gasteiger partial charge in [-0.2, -0.15) is 0 Å². The lowest BCUT2D eigenvalue weighted by molar-refractivity contribution is -0.121. The molecule has 0 aromatic carbocycles. The van der Waals surface area contributed by atoms with Crippen LogP contribution in [0.15, 0.2) is 4.99 Å². The minimum Gasteiger partial charge on any atom is -0.383 e. The molecule has 2 N–H and O–H groups in total. The molecule has 1 aliphatic rings. The van der Waals surface area contributed by atoms with Crippen LogP contribution in [0.25, 0.3) is 0 Å². The molecule has 1 rings (SSSR count). The Kier molecular flexibility index (Phi) is 6.56. The highest BCUT2D eigenvalue weighted by Gasteiger charge is 2.05. The van der Waals surface area contributed by atoms with Gasteiger partial charge < -0.3 is 15.4 Å². The number of carbonyl (C=O) groups is 1. The number of hydrogen-bond acceptors (Lipinski definition) is 4. The first-order valence-electron chi connectivity index (χ1n) is 5.86. The van der Waals surface area contributed by atoms with Crippen LogP contribution in [0.2, 0.25) is 0 Å². The fraction of sp³-hybridized carbons (Fsp3) is 0.818. The molecule has 0 aliphatic carbocycles. The number of methoxy groups -OCH3 is 1. The van der Waals surface area contributed by atoms with Crippen molar-refractivity contribution in [2.45, 2.75) is 25.7 Å². The summed E-state index contributed by atoms with van der Waals surface area (Å²) in [6, 6.07) is 0. The second-order valence-corrected chi connectivity index (χ2v) is 3.81. The molecule has 0 aromatic rings. The van der Waals surface area contributed by atoms with E-state index in [1.54, 1.807) is 7.11 Å². The molecular weight excluding hydrogens is 206 g/mol. The summed E-state index contributed by atoms with van der Waals surface area (Å²) in [5, 5.41) is 5.98. The van der Waals surface area contributed by atoms with Gasteiger partial charge in [0, 0.05) is 39.6 Å². The SMILES string of the molecule is COCCNC(=O)CCNC1=NCCCC1. The predicted molar refractivity (Wildman–Crippen MR) is 63.7 cm³/mol. The summed E-state index contributed by atoms with van der Waals surface area (Å²) in [5.41, 5.74) is 0. The van der Waals surface area contributed by atoms with Gasteiger partial charge in [-0.15, -0.1) is 0 Å². The number of rotatable bonds is 6. The van der Waals surface area contributed by atoms with Crippen LogP contribution >= 0.6 is 0 Å². The summed E-state index contributed by atoms with van der Waals surface area (Å²) in [6.45, 7) is 2.72. The molecule has 5 nitrogen and oxygen atoms in total. The summed E-state index contributed by atoms with van der Waals surface area (Å²) in [4.78, 5) is 15.7. The number of amides is 1. The smallest absolute Gasteiger partial charge is 0.221 e. The molecule has 0 aromatic heterocycles. The zero-order valence-electron chi connectivity index (χ0n) is 9.92. The van der Waals surface area contributed by atoms with Crippen LogP contribution in [0, 0.1) is 0 Å². The molecule has 92 valence electrons. The van der Waals surface area contributed by atoms with Gasteiger partial charge in [-0.3, -0.25) is 9.79 Å². The van der Waals surface area contributed by atoms with Gasteiger partial charge >= 0.3 is 0 Å². The molecule has 0 atom stereocenters. The second-order valence-electron chi connectivity index (χ2n) is 3.81. The molecule has 0 spiro atoms. The van der Waals surface area contributed by atoms with E-state index in [2.05, 4.69) is 15.6 Å². The van der Waals surface area contributed by atoms with Crippen LogP contribution in [0.1, 0.15) is 25.7 Å². The fourth-order valence-electron chi connectivity index (χ4n) is 1.54. The van der Waals surface area contributed by atoms with Crippen LogP contribution in [0.3, 0.4) is 0 Å². The zero-order chi connectivity index (χ0) is 11.6. The van der Waals surface area contributed by atoms with E-state index >= 15 is 0 Å². The van der Waals surface area contributed by atoms with E-state index in [9.17, 15) is 4.79 Å². The Hall–Kier alpha value is -1.10. The summed E-state index contributed by atoms with van der Waals surface area (Å²) < 4.78 is 4.84. The number of ether oxygens (including phenoxy) is 1. The van der Waals surface area contributed by atoms with Crippen LogP contribution in [-0.2, 0) is 9.53 Å². The number of aliphatic imine (C=N–C) groups is 1. The summed E-state index contributed by atoms with van der Waals surface area (Å²) in [6.07, 6.45) is 3.89. The lowest BCUT2D eigenvalue weighted by atomic mass is 10.2. The molecule has 1 heterocycles. The van der Waals surface area contributed by atoms with Crippen molar-refractivity contribution in [3.8, 4) is 0 Å². The first kappa shape index (κ1) is 13.0. The average Bonchev–Trinajstić information content (AvgIpc) is 2.31. The van der Waals surface area contributed by atoms with Crippen LogP contribution in [-0.4, -0.2) is 45.1 Å². The number of nitrogens with zero attached hydrogens (tertiary/aromatic N) is 1. The van der Waals surface area contributed by atoms with Gasteiger partial charge in [-0.25, -0.2) is 0 Å². The first-order chi connectivity index (χ1) is 7.83. The number of hydrogen-bond donors (Lipinski definition) is 2. The lowest BCUT2D eigenvalue weighted by Crippen LogP contribution is -2.32. The Morgan fingerprint density at radius 3 is 3.00 bits per heavy atom. The lowest BCUT2D eigenvalue weighted by Gasteiger charge is -2.13. The largest absolute Gasteiger partial charge is 0.383 e. The molecule has 16 heavy (non-hydrogen) atoms. The van der Waals surface area contributed by atoms with Crippen molar-refractivity contribution in [1.29, 1.82) is 0 Å². The zero-order valence-corrected chi connectivity index (χ0v) is 9.92. The third-order valence-corrected chi connectivity index (χ3v) is 2.43. The van der Waals surface area contributed by atoms with Gasteiger partial charge in [-0.05, 0) is 12.8 Å². The summed E-state index contributed by atoms with van der Waals surface area (Å²) in [7, 11) is 1.62. The summed E-state index contributed by atoms with van der Waals surface area (Å²) in [5.74, 6) is 1.11. The number of nitrogens with one attached hydrogen (secondary N) is 2. The molecule has 0 saturated heterocycles. The molecule has 5 heteroatoms. The van der Waals surface area contributed by atoms with E-state index in [1.807, 2.05) is 0 Å². The molecule has 0 unspecified atom stereocenters. The molecule has 1 amide bonds. The average molecular weight is 227 g/mol. The topological polar surface area (TPSA) is 62.7 Å². The van der Waals surface area contributed by atoms with Gasteiger partial charge in [0.2, 0.25) is 5.91 Å². The van der Waals surface area contributed by atoms with Crippen molar-refractivity contribution < 1.29 is 9.53 Å². The number of amidine groups is 1. The maximum absolute atomic E-state index is 11.3. The highest BCUT2D eigenvalue weighted by atomic mass is 16.5. The molecule has 0 fully saturated rings. The van der Waals surface area contributed by atoms with Crippen molar-refractivity contribution in [2.75, 3.05) is 33.4 Å². The molecule has 0 radical (unpaired) electrons. The molecular formula is C11H21N3O2. The van der Waals surface area contributed by atoms with E-state index in [4.69, 9.17) is 4.74 Å². The summed E-state index contributed by atoms with van der Waals surface area (Å²) >= 11 is 0. The van der Waals surface area contributed by atoms with Crippen molar-refractivity contribution in [3.63, 3.8) is 0 Å². The standard InChI is InChI=1S/C11H21N3O2/c1-16-9-8-14-11(15)5-7-13-10-4-2-3-6-12-10/h2-9H2,1H3,(H,12,13)(H,14,15). The minimum absolute atomic E-state index is 0.0564. The van der Waals surface area contributed by atoms with Gasteiger partial charge in [-0.1, -0.05) is 0 Å². The first-order valence-corrected chi connectivity index (χ1v) is 5.86.